The predicted molar refractivity (Wildman–Crippen MR) is 266 cm³/mol. The summed E-state index contributed by atoms with van der Waals surface area (Å²) in [4.78, 5) is 49.8. The summed E-state index contributed by atoms with van der Waals surface area (Å²) in [6.07, 6.45) is 11.6. The number of rotatable bonds is 10. The van der Waals surface area contributed by atoms with Gasteiger partial charge in [0.15, 0.2) is 11.6 Å². The standard InChI is InChI=1S/C27H30N6O2.C26H30N6O2/c1-31-23-20(10-18(12-22(23)35-2)26(34)32-14-19-7-8-27(19,28)15-32)30-25(31)21-11-17-4-3-9-29-24(17)33(21)13-16-5-6-16;1-26(27)8-10-31(15-26)25(33)18-11-19-22(21(13-18)34-3)30(2)24(29-19)20-12-17-5-4-9-28-23(17)32(20)14-16-6-7-16/h3-4,9-12,16,19H,5-8,13-15,28H2,1-2H3;4-5,9,11-13,16H,6-8,10,14-15,27H2,1-3H3/t19-,27-;26-/m01/s1. The molecule has 0 bridgehead atoms. The fourth-order valence-electron chi connectivity index (χ4n) is 11.2. The van der Waals surface area contributed by atoms with Gasteiger partial charge in [-0.05, 0) is 130 Å². The van der Waals surface area contributed by atoms with E-state index in [0.29, 0.717) is 60.0 Å². The number of nitrogens with zero attached hydrogens (tertiary/aromatic N) is 10. The van der Waals surface area contributed by atoms with Crippen LogP contribution in [0.1, 0.15) is 72.6 Å². The van der Waals surface area contributed by atoms with Gasteiger partial charge in [0, 0.05) is 98.7 Å². The highest BCUT2D eigenvalue weighted by Crippen LogP contribution is 2.44. The van der Waals surface area contributed by atoms with Crippen molar-refractivity contribution in [3.05, 3.63) is 84.2 Å². The van der Waals surface area contributed by atoms with Gasteiger partial charge in [0.25, 0.3) is 11.8 Å². The van der Waals surface area contributed by atoms with E-state index in [9.17, 15) is 9.59 Å². The van der Waals surface area contributed by atoms with E-state index in [1.165, 1.54) is 25.7 Å². The van der Waals surface area contributed by atoms with Gasteiger partial charge in [0.05, 0.1) is 36.6 Å². The second kappa shape index (κ2) is 16.2. The molecule has 356 valence electrons. The van der Waals surface area contributed by atoms with Crippen molar-refractivity contribution in [3.63, 3.8) is 0 Å². The van der Waals surface area contributed by atoms with E-state index in [0.717, 1.165) is 106 Å². The van der Waals surface area contributed by atoms with Crippen LogP contribution in [0.3, 0.4) is 0 Å². The number of nitrogens with two attached hydrogens (primary N) is 2. The normalized spacial score (nSPS) is 22.1. The van der Waals surface area contributed by atoms with E-state index in [1.807, 2.05) is 79.6 Å². The van der Waals surface area contributed by atoms with Crippen molar-refractivity contribution in [2.75, 3.05) is 40.4 Å². The summed E-state index contributed by atoms with van der Waals surface area (Å²) >= 11 is 0. The molecule has 8 heterocycles. The van der Waals surface area contributed by atoms with Crippen molar-refractivity contribution in [1.82, 2.24) is 48.0 Å². The highest BCUT2D eigenvalue weighted by atomic mass is 16.5. The van der Waals surface area contributed by atoms with Crippen molar-refractivity contribution in [1.29, 1.82) is 0 Å². The molecule has 3 saturated carbocycles. The summed E-state index contributed by atoms with van der Waals surface area (Å²) in [5, 5.41) is 2.21. The summed E-state index contributed by atoms with van der Waals surface area (Å²) in [6, 6.07) is 19.9. The molecule has 0 spiro atoms. The Morgan fingerprint density at radius 2 is 1.19 bits per heavy atom. The Morgan fingerprint density at radius 1 is 0.681 bits per heavy atom. The lowest BCUT2D eigenvalue weighted by molar-refractivity contribution is 0.0778. The number of hydrogen-bond donors (Lipinski definition) is 2. The van der Waals surface area contributed by atoms with Gasteiger partial charge in [0.1, 0.15) is 33.8 Å². The minimum absolute atomic E-state index is 0.00340. The van der Waals surface area contributed by atoms with Crippen LogP contribution in [0.15, 0.2) is 73.1 Å². The van der Waals surface area contributed by atoms with Crippen molar-refractivity contribution in [2.45, 2.75) is 76.0 Å². The number of carbonyl (C=O) groups is 2. The Bertz CT molecular complexity index is 3370. The topological polar surface area (TPSA) is 182 Å². The third-order valence-electron chi connectivity index (χ3n) is 15.6. The number of imidazole rings is 2. The van der Waals surface area contributed by atoms with Crippen LogP contribution < -0.4 is 20.9 Å². The minimum atomic E-state index is -0.342. The van der Waals surface area contributed by atoms with E-state index in [2.05, 4.69) is 52.5 Å². The van der Waals surface area contributed by atoms with E-state index in [1.54, 1.807) is 14.2 Å². The van der Waals surface area contributed by atoms with Crippen LogP contribution in [0.25, 0.3) is 67.2 Å². The molecule has 4 N–H and O–H groups in total. The number of aromatic nitrogens is 8. The van der Waals surface area contributed by atoms with Gasteiger partial charge >= 0.3 is 0 Å². The van der Waals surface area contributed by atoms with Crippen LogP contribution >= 0.6 is 0 Å². The fraction of sp³-hybridized carbons (Fsp3) is 0.434. The third-order valence-corrected chi connectivity index (χ3v) is 15.6. The lowest BCUT2D eigenvalue weighted by atomic mass is 9.70. The first-order valence-electron chi connectivity index (χ1n) is 24.4. The van der Waals surface area contributed by atoms with E-state index < -0.39 is 0 Å². The number of amides is 2. The van der Waals surface area contributed by atoms with Gasteiger partial charge < -0.3 is 49.0 Å². The molecule has 6 aromatic heterocycles. The van der Waals surface area contributed by atoms with Gasteiger partial charge in [-0.2, -0.15) is 0 Å². The Balaban J connectivity index is 0.000000143. The zero-order valence-corrected chi connectivity index (χ0v) is 40.1. The van der Waals surface area contributed by atoms with Crippen LogP contribution in [-0.4, -0.2) is 111 Å². The molecule has 0 radical (unpaired) electrons. The monoisotopic (exact) mass is 928 g/mol. The van der Waals surface area contributed by atoms with Gasteiger partial charge in [-0.25, -0.2) is 19.9 Å². The molecule has 3 aliphatic carbocycles. The molecule has 3 atom stereocenters. The number of benzene rings is 2. The second-order valence-corrected chi connectivity index (χ2v) is 20.9. The Kier molecular flexibility index (Phi) is 10.2. The molecule has 5 fully saturated rings. The van der Waals surface area contributed by atoms with Crippen LogP contribution in [-0.2, 0) is 27.2 Å². The fourth-order valence-corrected chi connectivity index (χ4v) is 11.2. The molecule has 16 nitrogen and oxygen atoms in total. The third kappa shape index (κ3) is 7.50. The van der Waals surface area contributed by atoms with Crippen LogP contribution in [0.2, 0.25) is 0 Å². The molecule has 13 rings (SSSR count). The molecule has 16 heteroatoms. The van der Waals surface area contributed by atoms with Crippen molar-refractivity contribution in [2.24, 2.45) is 43.3 Å². The largest absolute Gasteiger partial charge is 0.494 e. The van der Waals surface area contributed by atoms with Gasteiger partial charge in [-0.15, -0.1) is 0 Å². The number of methoxy groups -OCH3 is 2. The maximum absolute atomic E-state index is 13.4. The molecule has 2 aromatic carbocycles. The molecule has 2 aliphatic heterocycles. The van der Waals surface area contributed by atoms with E-state index in [-0.39, 0.29) is 22.9 Å². The number of hydrogen-bond acceptors (Lipinski definition) is 10. The number of likely N-dealkylation sites (tertiary alicyclic amines) is 2. The maximum Gasteiger partial charge on any atom is 0.254 e. The number of fused-ring (bicyclic) bond motifs is 5. The predicted octanol–water partition coefficient (Wildman–Crippen LogP) is 7.14. The first-order valence-corrected chi connectivity index (χ1v) is 24.4. The molecule has 2 amide bonds. The average Bonchev–Trinajstić information content (AvgIpc) is 4.14. The van der Waals surface area contributed by atoms with Crippen LogP contribution in [0.4, 0.5) is 0 Å². The number of carbonyl (C=O) groups excluding carboxylic acids is 2. The number of aryl methyl sites for hydroxylation is 2. The van der Waals surface area contributed by atoms with E-state index >= 15 is 0 Å². The Hall–Kier alpha value is -6.78. The molecular formula is C53H60N12O4. The molecular weight excluding hydrogens is 869 g/mol. The highest BCUT2D eigenvalue weighted by Gasteiger charge is 2.51. The number of pyridine rings is 2. The zero-order valence-electron chi connectivity index (χ0n) is 40.1. The van der Waals surface area contributed by atoms with Crippen molar-refractivity contribution >= 4 is 55.9 Å². The zero-order chi connectivity index (χ0) is 47.5. The molecule has 8 aromatic rings. The van der Waals surface area contributed by atoms with E-state index in [4.69, 9.17) is 30.9 Å². The average molecular weight is 929 g/mol. The van der Waals surface area contributed by atoms with Crippen LogP contribution in [0, 0.1) is 17.8 Å². The minimum Gasteiger partial charge on any atom is -0.494 e. The smallest absolute Gasteiger partial charge is 0.254 e. The van der Waals surface area contributed by atoms with Crippen molar-refractivity contribution in [3.8, 4) is 34.5 Å². The van der Waals surface area contributed by atoms with Gasteiger partial charge in [-0.1, -0.05) is 0 Å². The summed E-state index contributed by atoms with van der Waals surface area (Å²) in [5.41, 5.74) is 20.7. The first-order chi connectivity index (χ1) is 33.3. The molecule has 5 aliphatic rings. The molecule has 2 saturated heterocycles. The molecule has 69 heavy (non-hydrogen) atoms. The van der Waals surface area contributed by atoms with Crippen LogP contribution in [0.5, 0.6) is 11.5 Å². The summed E-state index contributed by atoms with van der Waals surface area (Å²) < 4.78 is 20.2. The highest BCUT2D eigenvalue weighted by molar-refractivity contribution is 6.01. The lowest BCUT2D eigenvalue weighted by Crippen LogP contribution is -2.54. The SMILES string of the molecule is COc1cc(C(=O)N2CC[C@@](C)(N)C2)cc2nc(-c3cc4cccnc4n3CC3CC3)n(C)c12.COc1cc(C(=O)N2C[C@@H]3CC[C@]3(N)C2)cc2nc(-c3cc4cccnc4n3CC3CC3)n(C)c12. The summed E-state index contributed by atoms with van der Waals surface area (Å²) in [6.45, 7) is 6.44. The first kappa shape index (κ1) is 43.5. The van der Waals surface area contributed by atoms with Gasteiger partial charge in [0.2, 0.25) is 0 Å². The summed E-state index contributed by atoms with van der Waals surface area (Å²) in [7, 11) is 7.30. The second-order valence-electron chi connectivity index (χ2n) is 20.9. The number of ether oxygens (including phenoxy) is 2. The van der Waals surface area contributed by atoms with Crippen molar-refractivity contribution < 1.29 is 19.1 Å². The Morgan fingerprint density at radius 3 is 1.59 bits per heavy atom. The quantitative estimate of drug-likeness (QED) is 0.143. The summed E-state index contributed by atoms with van der Waals surface area (Å²) in [5.74, 6) is 4.76. The van der Waals surface area contributed by atoms with Gasteiger partial charge in [-0.3, -0.25) is 9.59 Å². The lowest BCUT2D eigenvalue weighted by Gasteiger charge is -2.39. The maximum atomic E-state index is 13.4. The molecule has 0 unspecified atom stereocenters. The Labute approximate surface area is 400 Å².